The van der Waals surface area contributed by atoms with Crippen LogP contribution >= 0.6 is 15.9 Å². The summed E-state index contributed by atoms with van der Waals surface area (Å²) in [5, 5.41) is 3.51. The molecule has 18 heavy (non-hydrogen) atoms. The number of aryl methyl sites for hydroxylation is 1. The fourth-order valence-electron chi connectivity index (χ4n) is 2.26. The summed E-state index contributed by atoms with van der Waals surface area (Å²) in [6, 6.07) is 5.52. The highest BCUT2D eigenvalue weighted by Gasteiger charge is 2.07. The maximum atomic E-state index is 13.1. The summed E-state index contributed by atoms with van der Waals surface area (Å²) in [6.07, 6.45) is 5.62. The summed E-state index contributed by atoms with van der Waals surface area (Å²) in [4.78, 5) is 0. The molecule has 0 fully saturated rings. The van der Waals surface area contributed by atoms with Gasteiger partial charge in [-0.1, -0.05) is 36.2 Å². The first-order valence-corrected chi connectivity index (χ1v) is 7.64. The van der Waals surface area contributed by atoms with Gasteiger partial charge in [0.1, 0.15) is 5.82 Å². The van der Waals surface area contributed by atoms with Gasteiger partial charge < -0.3 is 5.32 Å². The molecular formula is C15H23BrFN. The first-order valence-electron chi connectivity index (χ1n) is 6.84. The molecule has 102 valence electrons. The van der Waals surface area contributed by atoms with E-state index in [1.807, 2.05) is 0 Å². The van der Waals surface area contributed by atoms with Gasteiger partial charge in [-0.15, -0.1) is 0 Å². The number of hydrogen-bond donors (Lipinski definition) is 1. The summed E-state index contributed by atoms with van der Waals surface area (Å²) in [5.41, 5.74) is 1.07. The molecule has 0 saturated carbocycles. The first-order chi connectivity index (χ1) is 8.67. The molecule has 1 unspecified atom stereocenters. The van der Waals surface area contributed by atoms with Gasteiger partial charge in [0.25, 0.3) is 0 Å². The number of nitrogens with one attached hydrogen (secondary N) is 1. The van der Waals surface area contributed by atoms with E-state index in [2.05, 4.69) is 35.1 Å². The zero-order chi connectivity index (χ0) is 13.4. The Bertz CT molecular complexity index is 348. The summed E-state index contributed by atoms with van der Waals surface area (Å²) < 4.78 is 14.2. The molecule has 0 heterocycles. The van der Waals surface area contributed by atoms with Crippen molar-refractivity contribution in [1.29, 1.82) is 0 Å². The minimum Gasteiger partial charge on any atom is -0.314 e. The minimum absolute atomic E-state index is 0.148. The van der Waals surface area contributed by atoms with Crippen LogP contribution in [0, 0.1) is 5.82 Å². The Hall–Kier alpha value is -0.410. The second-order valence-corrected chi connectivity index (χ2v) is 5.53. The van der Waals surface area contributed by atoms with Gasteiger partial charge in [-0.3, -0.25) is 0 Å². The Labute approximate surface area is 118 Å². The van der Waals surface area contributed by atoms with Gasteiger partial charge in [-0.25, -0.2) is 4.39 Å². The number of hydrogen-bond acceptors (Lipinski definition) is 1. The van der Waals surface area contributed by atoms with Crippen molar-refractivity contribution >= 4 is 15.9 Å². The fraction of sp³-hybridized carbons (Fsp3) is 0.600. The number of rotatable bonds is 8. The molecule has 0 radical (unpaired) electrons. The van der Waals surface area contributed by atoms with Crippen molar-refractivity contribution in [3.8, 4) is 0 Å². The lowest BCUT2D eigenvalue weighted by molar-refractivity contribution is 0.447. The Balaban J connectivity index is 2.41. The monoisotopic (exact) mass is 315 g/mol. The van der Waals surface area contributed by atoms with Crippen LogP contribution in [-0.4, -0.2) is 12.6 Å². The topological polar surface area (TPSA) is 12.0 Å². The van der Waals surface area contributed by atoms with Crippen molar-refractivity contribution in [3.63, 3.8) is 0 Å². The average Bonchev–Trinajstić information content (AvgIpc) is 2.34. The van der Waals surface area contributed by atoms with Crippen LogP contribution in [0.5, 0.6) is 0 Å². The van der Waals surface area contributed by atoms with Crippen molar-refractivity contribution in [3.05, 3.63) is 34.1 Å². The molecule has 1 nitrogen and oxygen atoms in total. The van der Waals surface area contributed by atoms with E-state index in [1.165, 1.54) is 18.9 Å². The molecule has 0 bridgehead atoms. The molecule has 3 heteroatoms. The molecule has 1 atom stereocenters. The summed E-state index contributed by atoms with van der Waals surface area (Å²) >= 11 is 3.48. The fourth-order valence-corrected chi connectivity index (χ4v) is 2.70. The maximum absolute atomic E-state index is 13.1. The van der Waals surface area contributed by atoms with Crippen molar-refractivity contribution < 1.29 is 4.39 Å². The smallest absolute Gasteiger partial charge is 0.123 e. The molecule has 0 amide bonds. The molecule has 0 aliphatic rings. The molecule has 1 N–H and O–H groups in total. The zero-order valence-electron chi connectivity index (χ0n) is 11.3. The summed E-state index contributed by atoms with van der Waals surface area (Å²) in [6.45, 7) is 5.38. The second kappa shape index (κ2) is 8.65. The van der Waals surface area contributed by atoms with E-state index >= 15 is 0 Å². The maximum Gasteiger partial charge on any atom is 0.123 e. The Kier molecular flexibility index (Phi) is 7.52. The highest BCUT2D eigenvalue weighted by Crippen LogP contribution is 2.20. The van der Waals surface area contributed by atoms with Crippen LogP contribution in [-0.2, 0) is 6.42 Å². The van der Waals surface area contributed by atoms with E-state index in [-0.39, 0.29) is 5.82 Å². The highest BCUT2D eigenvalue weighted by atomic mass is 79.9. The molecule has 1 aromatic rings. The van der Waals surface area contributed by atoms with Gasteiger partial charge in [0, 0.05) is 10.5 Å². The highest BCUT2D eigenvalue weighted by molar-refractivity contribution is 9.10. The van der Waals surface area contributed by atoms with Crippen LogP contribution in [0.25, 0.3) is 0 Å². The van der Waals surface area contributed by atoms with E-state index < -0.39 is 0 Å². The molecule has 0 aromatic heterocycles. The van der Waals surface area contributed by atoms with Crippen molar-refractivity contribution in [2.24, 2.45) is 0 Å². The van der Waals surface area contributed by atoms with Crippen molar-refractivity contribution in [2.45, 2.75) is 52.0 Å². The minimum atomic E-state index is -0.148. The lowest BCUT2D eigenvalue weighted by Gasteiger charge is -2.17. The predicted octanol–water partition coefficient (Wildman–Crippen LogP) is 4.69. The van der Waals surface area contributed by atoms with Crippen LogP contribution < -0.4 is 5.32 Å². The molecule has 0 aliphatic heterocycles. The zero-order valence-corrected chi connectivity index (χ0v) is 12.9. The molecule has 0 saturated heterocycles. The third-order valence-corrected chi connectivity index (χ3v) is 3.91. The Morgan fingerprint density at radius 2 is 2.06 bits per heavy atom. The second-order valence-electron chi connectivity index (χ2n) is 4.67. The van der Waals surface area contributed by atoms with Gasteiger partial charge in [0.15, 0.2) is 0 Å². The molecule has 0 spiro atoms. The van der Waals surface area contributed by atoms with Gasteiger partial charge in [0.2, 0.25) is 0 Å². The van der Waals surface area contributed by atoms with Gasteiger partial charge in [-0.2, -0.15) is 0 Å². The Morgan fingerprint density at radius 1 is 1.28 bits per heavy atom. The number of benzene rings is 1. The van der Waals surface area contributed by atoms with E-state index in [0.29, 0.717) is 6.04 Å². The Morgan fingerprint density at radius 3 is 2.72 bits per heavy atom. The van der Waals surface area contributed by atoms with E-state index in [0.717, 1.165) is 35.8 Å². The number of halogens is 2. The summed E-state index contributed by atoms with van der Waals surface area (Å²) in [5.74, 6) is -0.148. The molecule has 0 aliphatic carbocycles. The SMILES string of the molecule is CCCC(CCCc1cc(F)ccc1Br)NCC. The molecular weight excluding hydrogens is 293 g/mol. The van der Waals surface area contributed by atoms with Crippen LogP contribution in [0.1, 0.15) is 45.1 Å². The van der Waals surface area contributed by atoms with Gasteiger partial charge >= 0.3 is 0 Å². The molecule has 1 rings (SSSR count). The van der Waals surface area contributed by atoms with E-state index in [1.54, 1.807) is 12.1 Å². The van der Waals surface area contributed by atoms with Crippen molar-refractivity contribution in [2.75, 3.05) is 6.54 Å². The quantitative estimate of drug-likeness (QED) is 0.734. The predicted molar refractivity (Wildman–Crippen MR) is 79.4 cm³/mol. The summed E-state index contributed by atoms with van der Waals surface area (Å²) in [7, 11) is 0. The lowest BCUT2D eigenvalue weighted by Crippen LogP contribution is -2.28. The standard InChI is InChI=1S/C15H23BrFN/c1-3-6-14(18-4-2)8-5-7-12-11-13(17)9-10-15(12)16/h9-11,14,18H,3-8H2,1-2H3. The van der Waals surface area contributed by atoms with E-state index in [9.17, 15) is 4.39 Å². The van der Waals surface area contributed by atoms with Crippen LogP contribution in [0.15, 0.2) is 22.7 Å². The third-order valence-electron chi connectivity index (χ3n) is 3.14. The van der Waals surface area contributed by atoms with E-state index in [4.69, 9.17) is 0 Å². The van der Waals surface area contributed by atoms with Gasteiger partial charge in [0.05, 0.1) is 0 Å². The first kappa shape index (κ1) is 15.6. The van der Waals surface area contributed by atoms with Gasteiger partial charge in [-0.05, 0) is 56.0 Å². The van der Waals surface area contributed by atoms with Crippen LogP contribution in [0.2, 0.25) is 0 Å². The molecule has 1 aromatic carbocycles. The third kappa shape index (κ3) is 5.49. The normalized spacial score (nSPS) is 12.7. The average molecular weight is 316 g/mol. The lowest BCUT2D eigenvalue weighted by atomic mass is 10.0. The van der Waals surface area contributed by atoms with Crippen LogP contribution in [0.3, 0.4) is 0 Å². The van der Waals surface area contributed by atoms with Crippen LogP contribution in [0.4, 0.5) is 4.39 Å². The van der Waals surface area contributed by atoms with Crippen molar-refractivity contribution in [1.82, 2.24) is 5.32 Å². The largest absolute Gasteiger partial charge is 0.314 e.